The number of anilines is 1. The Hall–Kier alpha value is -2.57. The molecule has 0 aliphatic heterocycles. The molecule has 0 atom stereocenters. The molecule has 3 rings (SSSR count). The molecule has 2 N–H and O–H groups in total. The first-order valence-corrected chi connectivity index (χ1v) is 9.94. The Morgan fingerprint density at radius 2 is 1.69 bits per heavy atom. The van der Waals surface area contributed by atoms with Gasteiger partial charge in [-0.2, -0.15) is 0 Å². The number of carbonyl (C=O) groups excluding carboxylic acids is 2. The number of thioether (sulfide) groups is 1. The number of thiophene rings is 1. The van der Waals surface area contributed by atoms with Gasteiger partial charge in [-0.15, -0.1) is 23.1 Å². The van der Waals surface area contributed by atoms with Gasteiger partial charge in [0.2, 0.25) is 6.41 Å². The average molecular weight is 383 g/mol. The summed E-state index contributed by atoms with van der Waals surface area (Å²) in [5, 5.41) is 0. The quantitative estimate of drug-likeness (QED) is 0.504. The van der Waals surface area contributed by atoms with E-state index in [1.807, 2.05) is 36.6 Å². The van der Waals surface area contributed by atoms with Gasteiger partial charge in [-0.1, -0.05) is 24.3 Å². The maximum atomic E-state index is 11.7. The SMILES string of the molecule is CSc1ccc(-c2cc(C(N)=O)sc2-c2ccc(N(C)C=O)cc2)cc1. The maximum Gasteiger partial charge on any atom is 0.258 e. The molecule has 0 aliphatic carbocycles. The molecule has 0 saturated heterocycles. The van der Waals surface area contributed by atoms with Gasteiger partial charge in [0.1, 0.15) is 0 Å². The standard InChI is InChI=1S/C20H18N2O2S2/c1-22(12-23)15-7-3-14(4-8-15)19-17(11-18(26-19)20(21)24)13-5-9-16(25-2)10-6-13/h3-12H,1-2H3,(H2,21,24). The molecule has 0 radical (unpaired) electrons. The summed E-state index contributed by atoms with van der Waals surface area (Å²) in [6.45, 7) is 0. The third-order valence-electron chi connectivity index (χ3n) is 4.07. The van der Waals surface area contributed by atoms with Crippen LogP contribution in [0, 0.1) is 0 Å². The fraction of sp³-hybridized carbons (Fsp3) is 0.100. The number of hydrogen-bond acceptors (Lipinski definition) is 4. The summed E-state index contributed by atoms with van der Waals surface area (Å²) >= 11 is 3.07. The third-order valence-corrected chi connectivity index (χ3v) is 6.01. The summed E-state index contributed by atoms with van der Waals surface area (Å²) < 4.78 is 0. The van der Waals surface area contributed by atoms with Gasteiger partial charge >= 0.3 is 0 Å². The monoisotopic (exact) mass is 382 g/mol. The lowest BCUT2D eigenvalue weighted by molar-refractivity contribution is -0.107. The summed E-state index contributed by atoms with van der Waals surface area (Å²) in [5.41, 5.74) is 9.31. The van der Waals surface area contributed by atoms with Crippen molar-refractivity contribution >= 4 is 41.1 Å². The Morgan fingerprint density at radius 3 is 2.23 bits per heavy atom. The fourth-order valence-electron chi connectivity index (χ4n) is 2.62. The molecular weight excluding hydrogens is 364 g/mol. The van der Waals surface area contributed by atoms with Crippen molar-refractivity contribution in [1.82, 2.24) is 0 Å². The van der Waals surface area contributed by atoms with E-state index >= 15 is 0 Å². The molecule has 0 aliphatic rings. The second-order valence-electron chi connectivity index (χ2n) is 5.71. The van der Waals surface area contributed by atoms with Crippen molar-refractivity contribution in [3.05, 3.63) is 59.5 Å². The molecule has 2 amide bonds. The van der Waals surface area contributed by atoms with Crippen LogP contribution < -0.4 is 10.6 Å². The number of amides is 2. The van der Waals surface area contributed by atoms with Crippen LogP contribution in [-0.2, 0) is 4.79 Å². The van der Waals surface area contributed by atoms with Crippen LogP contribution in [0.2, 0.25) is 0 Å². The van der Waals surface area contributed by atoms with Gasteiger partial charge in [0.05, 0.1) is 4.88 Å². The van der Waals surface area contributed by atoms with Crippen molar-refractivity contribution in [2.45, 2.75) is 4.90 Å². The lowest BCUT2D eigenvalue weighted by atomic mass is 10.0. The number of benzene rings is 2. The molecule has 26 heavy (non-hydrogen) atoms. The van der Waals surface area contributed by atoms with Gasteiger partial charge in [0.25, 0.3) is 5.91 Å². The zero-order valence-corrected chi connectivity index (χ0v) is 16.1. The molecule has 3 aromatic rings. The van der Waals surface area contributed by atoms with Crippen molar-refractivity contribution in [1.29, 1.82) is 0 Å². The van der Waals surface area contributed by atoms with Gasteiger partial charge in [-0.25, -0.2) is 0 Å². The maximum absolute atomic E-state index is 11.7. The number of rotatable bonds is 6. The zero-order valence-electron chi connectivity index (χ0n) is 14.4. The summed E-state index contributed by atoms with van der Waals surface area (Å²) in [4.78, 5) is 26.8. The molecule has 0 fully saturated rings. The van der Waals surface area contributed by atoms with Gasteiger partial charge in [0.15, 0.2) is 0 Å². The number of nitrogens with two attached hydrogens (primary N) is 1. The molecule has 0 bridgehead atoms. The van der Waals surface area contributed by atoms with Crippen LogP contribution >= 0.6 is 23.1 Å². The van der Waals surface area contributed by atoms with E-state index in [1.165, 1.54) is 21.1 Å². The van der Waals surface area contributed by atoms with E-state index in [4.69, 9.17) is 5.73 Å². The molecule has 1 aromatic heterocycles. The van der Waals surface area contributed by atoms with Crippen LogP contribution in [0.5, 0.6) is 0 Å². The van der Waals surface area contributed by atoms with Crippen LogP contribution in [0.15, 0.2) is 59.5 Å². The highest BCUT2D eigenvalue weighted by atomic mass is 32.2. The first-order valence-electron chi connectivity index (χ1n) is 7.90. The summed E-state index contributed by atoms with van der Waals surface area (Å²) in [7, 11) is 1.71. The second kappa shape index (κ2) is 7.76. The highest BCUT2D eigenvalue weighted by molar-refractivity contribution is 7.98. The van der Waals surface area contributed by atoms with Crippen LogP contribution in [0.1, 0.15) is 9.67 Å². The number of hydrogen-bond donors (Lipinski definition) is 1. The highest BCUT2D eigenvalue weighted by Crippen LogP contribution is 2.40. The topological polar surface area (TPSA) is 63.4 Å². The van der Waals surface area contributed by atoms with Crippen molar-refractivity contribution in [3.8, 4) is 21.6 Å². The largest absolute Gasteiger partial charge is 0.365 e. The summed E-state index contributed by atoms with van der Waals surface area (Å²) in [6, 6.07) is 17.7. The minimum absolute atomic E-state index is 0.430. The Bertz CT molecular complexity index is 931. The van der Waals surface area contributed by atoms with E-state index in [1.54, 1.807) is 18.8 Å². The smallest absolute Gasteiger partial charge is 0.258 e. The first-order chi connectivity index (χ1) is 12.5. The number of primary amides is 1. The molecule has 2 aromatic carbocycles. The van der Waals surface area contributed by atoms with E-state index < -0.39 is 5.91 Å². The van der Waals surface area contributed by atoms with Crippen molar-refractivity contribution in [2.75, 3.05) is 18.2 Å². The Balaban J connectivity index is 2.07. The van der Waals surface area contributed by atoms with Gasteiger partial charge in [-0.3, -0.25) is 9.59 Å². The number of carbonyl (C=O) groups is 2. The molecule has 0 spiro atoms. The Kier molecular flexibility index (Phi) is 5.44. The normalized spacial score (nSPS) is 10.5. The molecule has 0 saturated carbocycles. The fourth-order valence-corrected chi connectivity index (χ4v) is 4.07. The van der Waals surface area contributed by atoms with E-state index in [-0.39, 0.29) is 0 Å². The third kappa shape index (κ3) is 3.66. The van der Waals surface area contributed by atoms with Crippen LogP contribution in [0.4, 0.5) is 5.69 Å². The molecule has 6 heteroatoms. The lowest BCUT2D eigenvalue weighted by Crippen LogP contribution is -2.13. The molecule has 0 unspecified atom stereocenters. The van der Waals surface area contributed by atoms with Gasteiger partial charge < -0.3 is 10.6 Å². The molecule has 132 valence electrons. The average Bonchev–Trinajstić information content (AvgIpc) is 3.13. The zero-order chi connectivity index (χ0) is 18.7. The predicted molar refractivity (Wildman–Crippen MR) is 110 cm³/mol. The van der Waals surface area contributed by atoms with Gasteiger partial charge in [0, 0.05) is 28.1 Å². The summed E-state index contributed by atoms with van der Waals surface area (Å²) in [6.07, 6.45) is 2.80. The lowest BCUT2D eigenvalue weighted by Gasteiger charge is -2.11. The molecular formula is C20H18N2O2S2. The van der Waals surface area contributed by atoms with E-state index in [2.05, 4.69) is 24.3 Å². The van der Waals surface area contributed by atoms with E-state index in [0.29, 0.717) is 4.88 Å². The minimum Gasteiger partial charge on any atom is -0.365 e. The minimum atomic E-state index is -0.430. The Morgan fingerprint density at radius 1 is 1.08 bits per heavy atom. The Labute approximate surface area is 160 Å². The highest BCUT2D eigenvalue weighted by Gasteiger charge is 2.16. The number of nitrogens with zero attached hydrogens (tertiary/aromatic N) is 1. The van der Waals surface area contributed by atoms with Gasteiger partial charge in [-0.05, 0) is 47.7 Å². The van der Waals surface area contributed by atoms with Crippen molar-refractivity contribution < 1.29 is 9.59 Å². The molecule has 1 heterocycles. The van der Waals surface area contributed by atoms with E-state index in [9.17, 15) is 9.59 Å². The van der Waals surface area contributed by atoms with Crippen molar-refractivity contribution in [2.24, 2.45) is 5.73 Å². The first kappa shape index (κ1) is 18.2. The van der Waals surface area contributed by atoms with Crippen molar-refractivity contribution in [3.63, 3.8) is 0 Å². The molecule has 4 nitrogen and oxygen atoms in total. The van der Waals surface area contributed by atoms with Crippen LogP contribution in [-0.4, -0.2) is 25.6 Å². The second-order valence-corrected chi connectivity index (χ2v) is 7.64. The van der Waals surface area contributed by atoms with Crippen LogP contribution in [0.3, 0.4) is 0 Å². The van der Waals surface area contributed by atoms with E-state index in [0.717, 1.165) is 33.7 Å². The van der Waals surface area contributed by atoms with Crippen LogP contribution in [0.25, 0.3) is 21.6 Å². The predicted octanol–water partition coefficient (Wildman–Crippen LogP) is 4.50. The summed E-state index contributed by atoms with van der Waals surface area (Å²) in [5.74, 6) is -0.430.